The molecule has 5 heteroatoms. The number of nitrogens with zero attached hydrogens (tertiary/aromatic N) is 2. The van der Waals surface area contributed by atoms with Crippen molar-refractivity contribution in [1.29, 1.82) is 0 Å². The van der Waals surface area contributed by atoms with Crippen LogP contribution in [0.15, 0.2) is 0 Å². The van der Waals surface area contributed by atoms with Gasteiger partial charge in [-0.25, -0.2) is 0 Å². The molecule has 0 spiro atoms. The maximum absolute atomic E-state index is 12.4. The summed E-state index contributed by atoms with van der Waals surface area (Å²) in [6.45, 7) is 9.28. The zero-order valence-corrected chi connectivity index (χ0v) is 13.7. The monoisotopic (exact) mass is 285 g/mol. The Morgan fingerprint density at radius 3 is 2.60 bits per heavy atom. The largest absolute Gasteiger partial charge is 0.378 e. The molecule has 2 unspecified atom stereocenters. The number of rotatable bonds is 9. The average molecular weight is 285 g/mol. The predicted molar refractivity (Wildman–Crippen MR) is 81.5 cm³/mol. The van der Waals surface area contributed by atoms with Gasteiger partial charge >= 0.3 is 0 Å². The second-order valence-corrected chi connectivity index (χ2v) is 6.14. The normalized spacial score (nSPS) is 23.4. The first-order chi connectivity index (χ1) is 9.47. The van der Waals surface area contributed by atoms with Gasteiger partial charge in [-0.1, -0.05) is 27.2 Å². The van der Waals surface area contributed by atoms with Gasteiger partial charge in [-0.2, -0.15) is 0 Å². The average Bonchev–Trinajstić information content (AvgIpc) is 2.67. The molecular formula is C15H31N3O2. The highest BCUT2D eigenvalue weighted by molar-refractivity contribution is 5.84. The van der Waals surface area contributed by atoms with Crippen molar-refractivity contribution >= 4 is 5.91 Å². The SMILES string of the molecule is CCCC1NC(C(C)C)C(=O)N1CCOCCN(C)C. The van der Waals surface area contributed by atoms with E-state index in [2.05, 4.69) is 31.0 Å². The number of likely N-dealkylation sites (N-methyl/N-ethyl adjacent to an activating group) is 1. The summed E-state index contributed by atoms with van der Waals surface area (Å²) in [5.74, 6) is 0.566. The Balaban J connectivity index is 2.41. The summed E-state index contributed by atoms with van der Waals surface area (Å²) in [6.07, 6.45) is 2.26. The van der Waals surface area contributed by atoms with E-state index in [-0.39, 0.29) is 18.1 Å². The molecule has 1 saturated heterocycles. The van der Waals surface area contributed by atoms with Gasteiger partial charge in [0.05, 0.1) is 25.4 Å². The van der Waals surface area contributed by atoms with Crippen molar-refractivity contribution in [2.24, 2.45) is 5.92 Å². The smallest absolute Gasteiger partial charge is 0.241 e. The van der Waals surface area contributed by atoms with Gasteiger partial charge in [-0.15, -0.1) is 0 Å². The van der Waals surface area contributed by atoms with Crippen molar-refractivity contribution in [3.05, 3.63) is 0 Å². The molecule has 118 valence electrons. The van der Waals surface area contributed by atoms with Gasteiger partial charge in [-0.3, -0.25) is 10.1 Å². The summed E-state index contributed by atoms with van der Waals surface area (Å²) in [5.41, 5.74) is 0. The first-order valence-electron chi connectivity index (χ1n) is 7.76. The van der Waals surface area contributed by atoms with Crippen LogP contribution >= 0.6 is 0 Å². The van der Waals surface area contributed by atoms with E-state index in [1.54, 1.807) is 0 Å². The van der Waals surface area contributed by atoms with Gasteiger partial charge in [0, 0.05) is 13.1 Å². The Morgan fingerprint density at radius 1 is 1.35 bits per heavy atom. The first-order valence-corrected chi connectivity index (χ1v) is 7.76. The molecule has 1 aliphatic rings. The molecule has 2 atom stereocenters. The minimum atomic E-state index is -0.0340. The Kier molecular flexibility index (Phi) is 7.48. The minimum absolute atomic E-state index is 0.0340. The maximum atomic E-state index is 12.4. The van der Waals surface area contributed by atoms with Gasteiger partial charge < -0.3 is 14.5 Å². The van der Waals surface area contributed by atoms with Crippen LogP contribution in [-0.4, -0.2) is 68.3 Å². The van der Waals surface area contributed by atoms with Crippen LogP contribution in [0.2, 0.25) is 0 Å². The molecule has 1 rings (SSSR count). The molecule has 1 fully saturated rings. The summed E-state index contributed by atoms with van der Waals surface area (Å²) in [5, 5.41) is 3.46. The zero-order chi connectivity index (χ0) is 15.1. The Labute approximate surface area is 123 Å². The lowest BCUT2D eigenvalue weighted by atomic mass is 10.1. The molecule has 0 saturated carbocycles. The second-order valence-electron chi connectivity index (χ2n) is 6.14. The first kappa shape index (κ1) is 17.4. The van der Waals surface area contributed by atoms with Gasteiger partial charge in [0.15, 0.2) is 0 Å². The second kappa shape index (κ2) is 8.60. The van der Waals surface area contributed by atoms with Crippen molar-refractivity contribution in [2.75, 3.05) is 40.4 Å². The molecule has 1 amide bonds. The van der Waals surface area contributed by atoms with Gasteiger partial charge in [-0.05, 0) is 26.4 Å². The molecule has 5 nitrogen and oxygen atoms in total. The van der Waals surface area contributed by atoms with E-state index in [0.717, 1.165) is 19.4 Å². The standard InChI is InChI=1S/C15H31N3O2/c1-6-7-13-16-14(12(2)3)15(19)18(13)9-11-20-10-8-17(4)5/h12-14,16H,6-11H2,1-5H3. The Hall–Kier alpha value is -0.650. The fourth-order valence-electron chi connectivity index (χ4n) is 2.47. The van der Waals surface area contributed by atoms with Gasteiger partial charge in [0.25, 0.3) is 0 Å². The zero-order valence-electron chi connectivity index (χ0n) is 13.7. The fraction of sp³-hybridized carbons (Fsp3) is 0.933. The van der Waals surface area contributed by atoms with Crippen LogP contribution < -0.4 is 5.32 Å². The van der Waals surface area contributed by atoms with E-state index in [0.29, 0.717) is 25.7 Å². The van der Waals surface area contributed by atoms with Crippen LogP contribution in [0.4, 0.5) is 0 Å². The number of amides is 1. The molecule has 0 bridgehead atoms. The van der Waals surface area contributed by atoms with Gasteiger partial charge in [0.2, 0.25) is 5.91 Å². The Bertz CT molecular complexity index is 295. The lowest BCUT2D eigenvalue weighted by Crippen LogP contribution is -2.39. The molecule has 0 aromatic heterocycles. The quantitative estimate of drug-likeness (QED) is 0.646. The van der Waals surface area contributed by atoms with E-state index in [9.17, 15) is 4.79 Å². The highest BCUT2D eigenvalue weighted by Crippen LogP contribution is 2.19. The summed E-state index contributed by atoms with van der Waals surface area (Å²) < 4.78 is 5.61. The van der Waals surface area contributed by atoms with E-state index in [1.807, 2.05) is 19.0 Å². The Morgan fingerprint density at radius 2 is 2.05 bits per heavy atom. The van der Waals surface area contributed by atoms with Crippen LogP contribution in [0.3, 0.4) is 0 Å². The molecule has 20 heavy (non-hydrogen) atoms. The van der Waals surface area contributed by atoms with Crippen molar-refractivity contribution in [1.82, 2.24) is 15.1 Å². The van der Waals surface area contributed by atoms with E-state index in [1.165, 1.54) is 0 Å². The number of carbonyl (C=O) groups is 1. The third kappa shape index (κ3) is 5.04. The highest BCUT2D eigenvalue weighted by Gasteiger charge is 2.39. The van der Waals surface area contributed by atoms with Crippen LogP contribution in [-0.2, 0) is 9.53 Å². The lowest BCUT2D eigenvalue weighted by molar-refractivity contribution is -0.131. The van der Waals surface area contributed by atoms with Gasteiger partial charge in [0.1, 0.15) is 0 Å². The van der Waals surface area contributed by atoms with Crippen LogP contribution in [0.1, 0.15) is 33.6 Å². The van der Waals surface area contributed by atoms with Crippen LogP contribution in [0, 0.1) is 5.92 Å². The number of carbonyl (C=O) groups excluding carboxylic acids is 1. The number of hydrogen-bond acceptors (Lipinski definition) is 4. The molecule has 0 radical (unpaired) electrons. The number of ether oxygens (including phenoxy) is 1. The predicted octanol–water partition coefficient (Wildman–Crippen LogP) is 1.15. The third-order valence-corrected chi connectivity index (χ3v) is 3.69. The molecule has 1 aliphatic heterocycles. The van der Waals surface area contributed by atoms with E-state index < -0.39 is 0 Å². The van der Waals surface area contributed by atoms with E-state index >= 15 is 0 Å². The maximum Gasteiger partial charge on any atom is 0.241 e. The molecule has 1 heterocycles. The summed E-state index contributed by atoms with van der Waals surface area (Å²) in [6, 6.07) is -0.0340. The highest BCUT2D eigenvalue weighted by atomic mass is 16.5. The summed E-state index contributed by atoms with van der Waals surface area (Å²) in [4.78, 5) is 16.5. The van der Waals surface area contributed by atoms with Crippen molar-refractivity contribution in [2.45, 2.75) is 45.8 Å². The number of hydrogen-bond donors (Lipinski definition) is 1. The third-order valence-electron chi connectivity index (χ3n) is 3.69. The van der Waals surface area contributed by atoms with E-state index in [4.69, 9.17) is 4.74 Å². The summed E-state index contributed by atoms with van der Waals surface area (Å²) in [7, 11) is 4.06. The summed E-state index contributed by atoms with van der Waals surface area (Å²) >= 11 is 0. The van der Waals surface area contributed by atoms with Crippen molar-refractivity contribution in [3.63, 3.8) is 0 Å². The lowest BCUT2D eigenvalue weighted by Gasteiger charge is -2.24. The topological polar surface area (TPSA) is 44.8 Å². The molecule has 0 aromatic carbocycles. The number of nitrogens with one attached hydrogen (secondary N) is 1. The minimum Gasteiger partial charge on any atom is -0.378 e. The molecule has 0 aromatic rings. The van der Waals surface area contributed by atoms with Crippen molar-refractivity contribution in [3.8, 4) is 0 Å². The molecule has 1 N–H and O–H groups in total. The molecular weight excluding hydrogens is 254 g/mol. The van der Waals surface area contributed by atoms with Crippen LogP contribution in [0.5, 0.6) is 0 Å². The van der Waals surface area contributed by atoms with Crippen LogP contribution in [0.25, 0.3) is 0 Å². The van der Waals surface area contributed by atoms with Crippen molar-refractivity contribution < 1.29 is 9.53 Å². The molecule has 0 aliphatic carbocycles. The fourth-order valence-corrected chi connectivity index (χ4v) is 2.47.